The van der Waals surface area contributed by atoms with E-state index in [-0.39, 0.29) is 0 Å². The number of hydrogen-bond donors (Lipinski definition) is 0. The Hall–Kier alpha value is -1.56. The van der Waals surface area contributed by atoms with Crippen molar-refractivity contribution in [1.82, 2.24) is 0 Å². The fraction of sp³-hybridized carbons (Fsp3) is 0.333. The molecule has 0 aliphatic carbocycles. The van der Waals surface area contributed by atoms with Gasteiger partial charge >= 0.3 is 0 Å². The smallest absolute Gasteiger partial charge is 0.0150 e. The average Bonchev–Trinajstić information content (AvgIpc) is 2.40. The van der Waals surface area contributed by atoms with Crippen LogP contribution in [0.15, 0.2) is 48.5 Å². The summed E-state index contributed by atoms with van der Waals surface area (Å²) in [7, 11) is 0. The third kappa shape index (κ3) is 3.22. The molecule has 0 saturated carbocycles. The molecule has 0 spiro atoms. The molecular weight excluding hydrogens is 216 g/mol. The predicted molar refractivity (Wildman–Crippen MR) is 79.1 cm³/mol. The highest BCUT2D eigenvalue weighted by molar-refractivity contribution is 5.28. The van der Waals surface area contributed by atoms with Gasteiger partial charge in [0, 0.05) is 0 Å². The normalized spacial score (nSPS) is 12.4. The molecule has 0 nitrogen and oxygen atoms in total. The van der Waals surface area contributed by atoms with Crippen molar-refractivity contribution in [3.8, 4) is 0 Å². The molecular formula is C18H22. The molecule has 1 unspecified atom stereocenters. The number of aryl methyl sites for hydroxylation is 2. The Balaban J connectivity index is 2.05. The van der Waals surface area contributed by atoms with Crippen molar-refractivity contribution in [2.45, 2.75) is 39.5 Å². The van der Waals surface area contributed by atoms with Gasteiger partial charge in [0.1, 0.15) is 0 Å². The number of hydrogen-bond acceptors (Lipinski definition) is 0. The predicted octanol–water partition coefficient (Wildman–Crippen LogP) is 4.90. The van der Waals surface area contributed by atoms with Crippen LogP contribution in [0.25, 0.3) is 0 Å². The Morgan fingerprint density at radius 3 is 1.94 bits per heavy atom. The number of rotatable bonds is 4. The van der Waals surface area contributed by atoms with E-state index < -0.39 is 0 Å². The SMILES string of the molecule is CCc1ccc(CC(C)c2ccc(C)cc2)cc1. The molecule has 0 heterocycles. The zero-order valence-corrected chi connectivity index (χ0v) is 11.6. The van der Waals surface area contributed by atoms with Crippen LogP contribution in [0, 0.1) is 6.92 Å². The molecule has 2 aromatic rings. The highest BCUT2D eigenvalue weighted by Crippen LogP contribution is 2.21. The summed E-state index contributed by atoms with van der Waals surface area (Å²) in [5, 5.41) is 0. The van der Waals surface area contributed by atoms with E-state index in [9.17, 15) is 0 Å². The summed E-state index contributed by atoms with van der Waals surface area (Å²) in [6.07, 6.45) is 2.24. The Morgan fingerprint density at radius 1 is 0.833 bits per heavy atom. The second-order valence-corrected chi connectivity index (χ2v) is 5.19. The molecule has 0 aromatic heterocycles. The van der Waals surface area contributed by atoms with Crippen molar-refractivity contribution in [3.63, 3.8) is 0 Å². The Bertz CT molecular complexity index is 476. The summed E-state index contributed by atoms with van der Waals surface area (Å²) in [5.41, 5.74) is 5.61. The first kappa shape index (κ1) is 12.9. The lowest BCUT2D eigenvalue weighted by molar-refractivity contribution is 0.758. The fourth-order valence-corrected chi connectivity index (χ4v) is 2.28. The molecule has 0 N–H and O–H groups in total. The van der Waals surface area contributed by atoms with Crippen LogP contribution in [-0.4, -0.2) is 0 Å². The Labute approximate surface area is 111 Å². The summed E-state index contributed by atoms with van der Waals surface area (Å²) >= 11 is 0. The first-order chi connectivity index (χ1) is 8.69. The molecule has 0 fully saturated rings. The molecule has 94 valence electrons. The molecule has 1 atom stereocenters. The zero-order valence-electron chi connectivity index (χ0n) is 11.6. The van der Waals surface area contributed by atoms with Crippen molar-refractivity contribution in [3.05, 3.63) is 70.8 Å². The molecule has 18 heavy (non-hydrogen) atoms. The van der Waals surface area contributed by atoms with Gasteiger partial charge < -0.3 is 0 Å². The monoisotopic (exact) mass is 238 g/mol. The van der Waals surface area contributed by atoms with Gasteiger partial charge in [-0.3, -0.25) is 0 Å². The van der Waals surface area contributed by atoms with Crippen LogP contribution in [0.4, 0.5) is 0 Å². The summed E-state index contributed by atoms with van der Waals surface area (Å²) in [6.45, 7) is 6.64. The number of benzene rings is 2. The van der Waals surface area contributed by atoms with E-state index in [1.54, 1.807) is 0 Å². The molecule has 0 aliphatic rings. The van der Waals surface area contributed by atoms with Gasteiger partial charge in [0.25, 0.3) is 0 Å². The van der Waals surface area contributed by atoms with Crippen molar-refractivity contribution in [1.29, 1.82) is 0 Å². The fourth-order valence-electron chi connectivity index (χ4n) is 2.28. The summed E-state index contributed by atoms with van der Waals surface area (Å²) in [4.78, 5) is 0. The minimum absolute atomic E-state index is 0.582. The maximum absolute atomic E-state index is 2.30. The second-order valence-electron chi connectivity index (χ2n) is 5.19. The average molecular weight is 238 g/mol. The molecule has 2 rings (SSSR count). The third-order valence-electron chi connectivity index (χ3n) is 3.62. The maximum atomic E-state index is 2.30. The third-order valence-corrected chi connectivity index (χ3v) is 3.62. The lowest BCUT2D eigenvalue weighted by Crippen LogP contribution is -1.98. The molecule has 0 saturated heterocycles. The lowest BCUT2D eigenvalue weighted by Gasteiger charge is -2.12. The topological polar surface area (TPSA) is 0 Å². The largest absolute Gasteiger partial charge is 0.0613 e. The van der Waals surface area contributed by atoms with E-state index in [1.165, 1.54) is 22.3 Å². The lowest BCUT2D eigenvalue weighted by atomic mass is 9.93. The summed E-state index contributed by atoms with van der Waals surface area (Å²) < 4.78 is 0. The van der Waals surface area contributed by atoms with Crippen molar-refractivity contribution in [2.24, 2.45) is 0 Å². The van der Waals surface area contributed by atoms with E-state index in [0.717, 1.165) is 12.8 Å². The van der Waals surface area contributed by atoms with E-state index >= 15 is 0 Å². The van der Waals surface area contributed by atoms with Crippen molar-refractivity contribution >= 4 is 0 Å². The van der Waals surface area contributed by atoms with E-state index in [2.05, 4.69) is 69.3 Å². The quantitative estimate of drug-likeness (QED) is 0.710. The maximum Gasteiger partial charge on any atom is -0.0150 e. The zero-order chi connectivity index (χ0) is 13.0. The molecule has 0 radical (unpaired) electrons. The van der Waals surface area contributed by atoms with Crippen LogP contribution in [-0.2, 0) is 12.8 Å². The molecule has 0 bridgehead atoms. The molecule has 0 aliphatic heterocycles. The van der Waals surface area contributed by atoms with Crippen LogP contribution in [0.1, 0.15) is 42.0 Å². The van der Waals surface area contributed by atoms with Gasteiger partial charge in [-0.15, -0.1) is 0 Å². The Morgan fingerprint density at radius 2 is 1.39 bits per heavy atom. The van der Waals surface area contributed by atoms with Crippen LogP contribution < -0.4 is 0 Å². The van der Waals surface area contributed by atoms with Crippen molar-refractivity contribution in [2.75, 3.05) is 0 Å². The summed E-state index contributed by atoms with van der Waals surface area (Å²) in [5.74, 6) is 0.582. The van der Waals surface area contributed by atoms with Crippen molar-refractivity contribution < 1.29 is 0 Å². The van der Waals surface area contributed by atoms with E-state index in [1.807, 2.05) is 0 Å². The minimum atomic E-state index is 0.582. The van der Waals surface area contributed by atoms with E-state index in [0.29, 0.717) is 5.92 Å². The Kier molecular flexibility index (Phi) is 4.19. The second kappa shape index (κ2) is 5.86. The van der Waals surface area contributed by atoms with Gasteiger partial charge in [-0.05, 0) is 42.4 Å². The van der Waals surface area contributed by atoms with Gasteiger partial charge in [-0.2, -0.15) is 0 Å². The molecule has 0 heteroatoms. The molecule has 0 amide bonds. The van der Waals surface area contributed by atoms with Gasteiger partial charge in [-0.1, -0.05) is 67.9 Å². The van der Waals surface area contributed by atoms with Crippen LogP contribution in [0.2, 0.25) is 0 Å². The highest BCUT2D eigenvalue weighted by atomic mass is 14.1. The van der Waals surface area contributed by atoms with Gasteiger partial charge in [-0.25, -0.2) is 0 Å². The minimum Gasteiger partial charge on any atom is -0.0613 e. The molecule has 2 aromatic carbocycles. The van der Waals surface area contributed by atoms with Crippen LogP contribution in [0.5, 0.6) is 0 Å². The first-order valence-corrected chi connectivity index (χ1v) is 6.83. The summed E-state index contributed by atoms with van der Waals surface area (Å²) in [6, 6.07) is 17.9. The standard InChI is InChI=1S/C18H22/c1-4-16-7-9-17(10-8-16)13-15(3)18-11-5-14(2)6-12-18/h5-12,15H,4,13H2,1-3H3. The van der Waals surface area contributed by atoms with Gasteiger partial charge in [0.15, 0.2) is 0 Å². The van der Waals surface area contributed by atoms with E-state index in [4.69, 9.17) is 0 Å². The van der Waals surface area contributed by atoms with Gasteiger partial charge in [0.2, 0.25) is 0 Å². The highest BCUT2D eigenvalue weighted by Gasteiger charge is 2.06. The van der Waals surface area contributed by atoms with Crippen LogP contribution in [0.3, 0.4) is 0 Å². The first-order valence-electron chi connectivity index (χ1n) is 6.83. The van der Waals surface area contributed by atoms with Crippen LogP contribution >= 0.6 is 0 Å². The van der Waals surface area contributed by atoms with Gasteiger partial charge in [0.05, 0.1) is 0 Å².